The van der Waals surface area contributed by atoms with E-state index in [1.165, 1.54) is 23.1 Å². The highest BCUT2D eigenvalue weighted by atomic mass is 32.2. The molecule has 0 unspecified atom stereocenters. The topological polar surface area (TPSA) is 203 Å². The van der Waals surface area contributed by atoms with Gasteiger partial charge in [0.2, 0.25) is 27.7 Å². The number of nitrogens with one attached hydrogen (secondary N) is 3. The van der Waals surface area contributed by atoms with Crippen LogP contribution >= 0.6 is 0 Å². The van der Waals surface area contributed by atoms with E-state index in [0.717, 1.165) is 12.8 Å². The van der Waals surface area contributed by atoms with Gasteiger partial charge < -0.3 is 24.8 Å². The van der Waals surface area contributed by atoms with E-state index in [2.05, 4.69) is 30.5 Å². The van der Waals surface area contributed by atoms with Gasteiger partial charge in [0.25, 0.3) is 11.8 Å². The summed E-state index contributed by atoms with van der Waals surface area (Å²) in [6, 6.07) is 3.67. The van der Waals surface area contributed by atoms with Gasteiger partial charge in [0.1, 0.15) is 40.7 Å². The number of rotatable bonds is 8. The molecule has 0 radical (unpaired) electrons. The minimum absolute atomic E-state index is 0.00133. The Labute approximate surface area is 305 Å². The van der Waals surface area contributed by atoms with E-state index in [0.29, 0.717) is 49.1 Å². The number of ether oxygens (including phenoxy) is 1. The number of aromatic nitrogens is 3. The Balaban J connectivity index is 1.19. The molecule has 4 amide bonds. The van der Waals surface area contributed by atoms with Crippen LogP contribution in [0.5, 0.6) is 5.88 Å². The highest BCUT2D eigenvalue weighted by molar-refractivity contribution is 7.91. The Kier molecular flexibility index (Phi) is 9.95. The lowest BCUT2D eigenvalue weighted by Gasteiger charge is -2.29. The quantitative estimate of drug-likeness (QED) is 0.286. The highest BCUT2D eigenvalue weighted by Crippen LogP contribution is 2.46. The first kappa shape index (κ1) is 36.4. The van der Waals surface area contributed by atoms with Crippen molar-refractivity contribution in [2.75, 3.05) is 6.54 Å². The molecule has 3 N–H and O–H groups in total. The zero-order valence-corrected chi connectivity index (χ0v) is 30.3. The van der Waals surface area contributed by atoms with Gasteiger partial charge in [0.15, 0.2) is 11.5 Å². The van der Waals surface area contributed by atoms with Crippen molar-refractivity contribution in [2.24, 2.45) is 5.92 Å². The number of carbonyl (C=O) groups is 4. The summed E-state index contributed by atoms with van der Waals surface area (Å²) in [7, 11) is -3.92. The Morgan fingerprint density at radius 2 is 1.96 bits per heavy atom. The summed E-state index contributed by atoms with van der Waals surface area (Å²) < 4.78 is 53.9. The van der Waals surface area contributed by atoms with Crippen molar-refractivity contribution in [2.45, 2.75) is 107 Å². The molecule has 2 aromatic heterocycles. The minimum atomic E-state index is -3.92. The summed E-state index contributed by atoms with van der Waals surface area (Å²) in [4.78, 5) is 65.9. The van der Waals surface area contributed by atoms with Crippen LogP contribution in [0.25, 0.3) is 11.0 Å². The van der Waals surface area contributed by atoms with Crippen LogP contribution in [0.3, 0.4) is 0 Å². The maximum atomic E-state index is 14.7. The van der Waals surface area contributed by atoms with Gasteiger partial charge in [-0.25, -0.2) is 22.8 Å². The molecule has 2 aliphatic heterocycles. The molecule has 5 atom stereocenters. The molecule has 53 heavy (non-hydrogen) atoms. The van der Waals surface area contributed by atoms with Crippen molar-refractivity contribution in [1.29, 1.82) is 0 Å². The molecule has 17 heteroatoms. The number of halogens is 1. The monoisotopic (exact) mass is 751 g/mol. The van der Waals surface area contributed by atoms with E-state index >= 15 is 0 Å². The number of fused-ring (bicyclic) bond motifs is 3. The average Bonchev–Trinajstić information content (AvgIpc) is 4.00. The first-order valence-electron chi connectivity index (χ1n) is 18.1. The van der Waals surface area contributed by atoms with Crippen LogP contribution in [0, 0.1) is 18.7 Å². The smallest absolute Gasteiger partial charge is 0.274 e. The van der Waals surface area contributed by atoms with E-state index in [-0.39, 0.29) is 42.9 Å². The fourth-order valence-electron chi connectivity index (χ4n) is 7.05. The third kappa shape index (κ3) is 7.61. The van der Waals surface area contributed by atoms with Crippen LogP contribution in [0.15, 0.2) is 40.9 Å². The van der Waals surface area contributed by atoms with Crippen molar-refractivity contribution in [3.63, 3.8) is 0 Å². The summed E-state index contributed by atoms with van der Waals surface area (Å²) in [6.07, 6.45) is 7.50. The Bertz CT molecular complexity index is 2090. The molecule has 4 aliphatic rings. The zero-order chi connectivity index (χ0) is 37.5. The lowest BCUT2D eigenvalue weighted by Crippen LogP contribution is -2.58. The second-order valence-electron chi connectivity index (χ2n) is 14.3. The number of nitrogens with zero attached hydrogens (tertiary/aromatic N) is 4. The van der Waals surface area contributed by atoms with E-state index in [1.54, 1.807) is 13.0 Å². The number of aryl methyl sites for hydroxylation is 2. The van der Waals surface area contributed by atoms with E-state index in [4.69, 9.17) is 9.26 Å². The standard InChI is InChI=1S/C36H42FN7O8S/c1-3-22-16-28(42-52-22)31(45)39-27-12-8-6-4-5-7-10-21-18-36(21,35(48)43-53(49,50)24-14-15-24)41-32(46)29-17-23(19-44(29)34(27)47)51-33-20(2)38-26-13-9-11-25(37)30(26)40-33/h7,9-11,13,16,21,23-24,27,29H,3-6,8,12,14-15,17-19H2,1-2H3,(H,39,45)(H,41,46)(H,43,48)/t21-,23-,27+,29+,36-/m1/s1. The Morgan fingerprint density at radius 3 is 2.72 bits per heavy atom. The van der Waals surface area contributed by atoms with Crippen molar-refractivity contribution in [3.8, 4) is 5.88 Å². The van der Waals surface area contributed by atoms with Gasteiger partial charge in [-0.2, -0.15) is 0 Å². The normalized spacial score (nSPS) is 26.5. The van der Waals surface area contributed by atoms with Crippen LogP contribution in [0.2, 0.25) is 0 Å². The number of allylic oxidation sites excluding steroid dienone is 1. The molecule has 3 aromatic rings. The lowest BCUT2D eigenvalue weighted by molar-refractivity contribution is -0.141. The van der Waals surface area contributed by atoms with Crippen molar-refractivity contribution in [3.05, 3.63) is 59.4 Å². The summed E-state index contributed by atoms with van der Waals surface area (Å²) in [5.41, 5.74) is -0.829. The van der Waals surface area contributed by atoms with Crippen molar-refractivity contribution >= 4 is 44.7 Å². The Hall–Kier alpha value is -4.93. The molecular weight excluding hydrogens is 710 g/mol. The summed E-state index contributed by atoms with van der Waals surface area (Å²) in [5.74, 6) is -3.20. The average molecular weight is 752 g/mol. The third-order valence-electron chi connectivity index (χ3n) is 10.3. The molecular formula is C36H42FN7O8S. The predicted molar refractivity (Wildman–Crippen MR) is 187 cm³/mol. The zero-order valence-electron chi connectivity index (χ0n) is 29.5. The molecule has 282 valence electrons. The van der Waals surface area contributed by atoms with Crippen LogP contribution < -0.4 is 20.1 Å². The number of hydrogen-bond donors (Lipinski definition) is 3. The number of para-hydroxylation sites is 1. The largest absolute Gasteiger partial charge is 0.471 e. The highest BCUT2D eigenvalue weighted by Gasteiger charge is 2.62. The molecule has 4 heterocycles. The van der Waals surface area contributed by atoms with Gasteiger partial charge in [-0.1, -0.05) is 43.1 Å². The fraction of sp³-hybridized carbons (Fsp3) is 0.528. The molecule has 1 saturated heterocycles. The number of carbonyl (C=O) groups excluding carboxylic acids is 4. The molecule has 2 saturated carbocycles. The van der Waals surface area contributed by atoms with Crippen molar-refractivity contribution < 1.29 is 41.2 Å². The molecule has 2 aliphatic carbocycles. The van der Waals surface area contributed by atoms with Gasteiger partial charge in [0, 0.05) is 24.8 Å². The maximum Gasteiger partial charge on any atom is 0.274 e. The van der Waals surface area contributed by atoms with Crippen molar-refractivity contribution in [1.82, 2.24) is 35.4 Å². The maximum absolute atomic E-state index is 14.7. The van der Waals surface area contributed by atoms with Crippen LogP contribution in [0.1, 0.15) is 86.7 Å². The van der Waals surface area contributed by atoms with Gasteiger partial charge in [-0.3, -0.25) is 23.9 Å². The summed E-state index contributed by atoms with van der Waals surface area (Å²) >= 11 is 0. The summed E-state index contributed by atoms with van der Waals surface area (Å²) in [6.45, 7) is 3.39. The molecule has 3 fully saturated rings. The predicted octanol–water partition coefficient (Wildman–Crippen LogP) is 2.78. The fourth-order valence-corrected chi connectivity index (χ4v) is 8.42. The Morgan fingerprint density at radius 1 is 1.15 bits per heavy atom. The summed E-state index contributed by atoms with van der Waals surface area (Å²) in [5, 5.41) is 8.81. The van der Waals surface area contributed by atoms with Crippen LogP contribution in [0.4, 0.5) is 4.39 Å². The number of hydrogen-bond acceptors (Lipinski definition) is 11. The van der Waals surface area contributed by atoms with Gasteiger partial charge in [-0.05, 0) is 57.6 Å². The van der Waals surface area contributed by atoms with Gasteiger partial charge in [0.05, 0.1) is 17.3 Å². The van der Waals surface area contributed by atoms with E-state index in [1.807, 2.05) is 19.1 Å². The van der Waals surface area contributed by atoms with E-state index < -0.39 is 74.4 Å². The SMILES string of the molecule is CCc1cc(C(=O)N[C@H]2CCCCCC=C[C@@H]3C[C@@]3(C(=O)NS(=O)(=O)C3CC3)NC(=O)[C@@H]3C[C@@H](Oc4nc5c(F)cccc5nc4C)CN3C2=O)no1. The number of amides is 4. The number of sulfonamides is 1. The second kappa shape index (κ2) is 14.5. The minimum Gasteiger partial charge on any atom is -0.471 e. The second-order valence-corrected chi connectivity index (χ2v) is 16.2. The lowest BCUT2D eigenvalue weighted by atomic mass is 10.0. The third-order valence-corrected chi connectivity index (χ3v) is 12.2. The van der Waals surface area contributed by atoms with Gasteiger partial charge in [-0.15, -0.1) is 0 Å². The molecule has 0 spiro atoms. The first-order chi connectivity index (χ1) is 25.4. The number of benzene rings is 1. The first-order valence-corrected chi connectivity index (χ1v) is 19.6. The molecule has 0 bridgehead atoms. The van der Waals surface area contributed by atoms with Gasteiger partial charge >= 0.3 is 0 Å². The van der Waals surface area contributed by atoms with Crippen LogP contribution in [-0.4, -0.2) is 87.6 Å². The molecule has 7 rings (SSSR count). The molecule has 15 nitrogen and oxygen atoms in total. The van der Waals surface area contributed by atoms with E-state index in [9.17, 15) is 32.0 Å². The molecule has 1 aromatic carbocycles. The van der Waals surface area contributed by atoms with Crippen LogP contribution in [-0.2, 0) is 30.8 Å².